The van der Waals surface area contributed by atoms with E-state index in [1.165, 1.54) is 5.56 Å². The average molecular weight is 299 g/mol. The van der Waals surface area contributed by atoms with Crippen LogP contribution in [0.15, 0.2) is 18.2 Å². The number of nitrogens with one attached hydrogen (secondary N) is 1. The molecule has 0 bridgehead atoms. The van der Waals surface area contributed by atoms with Gasteiger partial charge >= 0.3 is 0 Å². The Bertz CT molecular complexity index is 701. The topological polar surface area (TPSA) is 58.2 Å². The number of aromatic amines is 1. The van der Waals surface area contributed by atoms with Crippen molar-refractivity contribution in [1.82, 2.24) is 10.2 Å². The van der Waals surface area contributed by atoms with Gasteiger partial charge in [-0.3, -0.25) is 9.89 Å². The molecule has 1 amide bonds. The first-order chi connectivity index (χ1) is 10.5. The molecule has 1 aromatic carbocycles. The minimum Gasteiger partial charge on any atom is -0.497 e. The first-order valence-corrected chi connectivity index (χ1v) is 7.52. The molecule has 5 nitrogen and oxygen atoms in total. The van der Waals surface area contributed by atoms with Crippen LogP contribution in [0.1, 0.15) is 35.4 Å². The third kappa shape index (κ3) is 2.26. The second kappa shape index (κ2) is 5.48. The predicted octanol–water partition coefficient (Wildman–Crippen LogP) is 2.73. The zero-order chi connectivity index (χ0) is 15.9. The Morgan fingerprint density at radius 3 is 2.82 bits per heavy atom. The van der Waals surface area contributed by atoms with E-state index >= 15 is 0 Å². The first-order valence-electron chi connectivity index (χ1n) is 7.52. The number of nitrogens with zero attached hydrogens (tertiary/aromatic N) is 2. The highest BCUT2D eigenvalue weighted by molar-refractivity contribution is 5.99. The standard InChI is InChI=1S/C17H21N3O2/c1-10(16-11(2)18-19-12(16)3)17(21)20-8-7-13-9-14(22-4)5-6-15(13)20/h5-6,9-10H,7-8H2,1-4H3,(H,18,19). The molecule has 5 heteroatoms. The fraction of sp³-hybridized carbons (Fsp3) is 0.412. The summed E-state index contributed by atoms with van der Waals surface area (Å²) < 4.78 is 5.26. The largest absolute Gasteiger partial charge is 0.497 e. The molecule has 0 saturated carbocycles. The van der Waals surface area contributed by atoms with Gasteiger partial charge in [0.05, 0.1) is 18.7 Å². The number of anilines is 1. The Morgan fingerprint density at radius 2 is 2.18 bits per heavy atom. The van der Waals surface area contributed by atoms with Crippen molar-refractivity contribution >= 4 is 11.6 Å². The summed E-state index contributed by atoms with van der Waals surface area (Å²) in [6.07, 6.45) is 0.869. The Balaban J connectivity index is 1.89. The smallest absolute Gasteiger partial charge is 0.234 e. The van der Waals surface area contributed by atoms with Gasteiger partial charge in [-0.15, -0.1) is 0 Å². The van der Waals surface area contributed by atoms with Gasteiger partial charge in [0.15, 0.2) is 0 Å². The molecule has 1 aliphatic rings. The SMILES string of the molecule is COc1ccc2c(c1)CCN2C(=O)C(C)c1c(C)n[nH]c1C. The lowest BCUT2D eigenvalue weighted by Gasteiger charge is -2.22. The molecular weight excluding hydrogens is 278 g/mol. The van der Waals surface area contributed by atoms with E-state index in [4.69, 9.17) is 4.74 Å². The van der Waals surface area contributed by atoms with Gasteiger partial charge in [-0.1, -0.05) is 0 Å². The number of benzene rings is 1. The Morgan fingerprint density at radius 1 is 1.41 bits per heavy atom. The summed E-state index contributed by atoms with van der Waals surface area (Å²) in [4.78, 5) is 14.8. The highest BCUT2D eigenvalue weighted by atomic mass is 16.5. The Kier molecular flexibility index (Phi) is 3.64. The van der Waals surface area contributed by atoms with Crippen LogP contribution < -0.4 is 9.64 Å². The lowest BCUT2D eigenvalue weighted by atomic mass is 9.97. The van der Waals surface area contributed by atoms with Crippen LogP contribution in [0.25, 0.3) is 0 Å². The van der Waals surface area contributed by atoms with Gasteiger partial charge in [0.1, 0.15) is 5.75 Å². The van der Waals surface area contributed by atoms with E-state index in [1.54, 1.807) is 7.11 Å². The van der Waals surface area contributed by atoms with Gasteiger partial charge in [-0.25, -0.2) is 0 Å². The summed E-state index contributed by atoms with van der Waals surface area (Å²) in [6.45, 7) is 6.57. The molecule has 1 N–H and O–H groups in total. The van der Waals surface area contributed by atoms with Crippen LogP contribution in [0.4, 0.5) is 5.69 Å². The van der Waals surface area contributed by atoms with E-state index < -0.39 is 0 Å². The van der Waals surface area contributed by atoms with Crippen molar-refractivity contribution in [3.05, 3.63) is 40.7 Å². The molecule has 116 valence electrons. The van der Waals surface area contributed by atoms with Crippen LogP contribution in [0.2, 0.25) is 0 Å². The number of hydrogen-bond acceptors (Lipinski definition) is 3. The molecule has 1 atom stereocenters. The van der Waals surface area contributed by atoms with Gasteiger partial charge in [-0.05, 0) is 51.0 Å². The fourth-order valence-electron chi connectivity index (χ4n) is 3.29. The molecule has 22 heavy (non-hydrogen) atoms. The number of fused-ring (bicyclic) bond motifs is 1. The van der Waals surface area contributed by atoms with Crippen LogP contribution >= 0.6 is 0 Å². The second-order valence-electron chi connectivity index (χ2n) is 5.80. The summed E-state index contributed by atoms with van der Waals surface area (Å²) in [5.41, 5.74) is 5.03. The van der Waals surface area contributed by atoms with Crippen molar-refractivity contribution in [2.75, 3.05) is 18.6 Å². The van der Waals surface area contributed by atoms with Crippen molar-refractivity contribution in [3.8, 4) is 5.75 Å². The minimum absolute atomic E-state index is 0.122. The number of aromatic nitrogens is 2. The fourth-order valence-corrected chi connectivity index (χ4v) is 3.29. The molecule has 0 spiro atoms. The maximum absolute atomic E-state index is 12.9. The summed E-state index contributed by atoms with van der Waals surface area (Å²) in [5, 5.41) is 7.16. The molecule has 2 heterocycles. The summed E-state index contributed by atoms with van der Waals surface area (Å²) in [7, 11) is 1.66. The molecular formula is C17H21N3O2. The van der Waals surface area contributed by atoms with Crippen molar-refractivity contribution in [2.45, 2.75) is 33.1 Å². The van der Waals surface area contributed by atoms with Crippen molar-refractivity contribution in [1.29, 1.82) is 0 Å². The number of carbonyl (C=O) groups excluding carboxylic acids is 1. The van der Waals surface area contributed by atoms with Gasteiger partial charge in [0, 0.05) is 23.5 Å². The Labute approximate surface area is 130 Å². The van der Waals surface area contributed by atoms with Gasteiger partial charge in [0.25, 0.3) is 0 Å². The number of hydrogen-bond donors (Lipinski definition) is 1. The monoisotopic (exact) mass is 299 g/mol. The summed E-state index contributed by atoms with van der Waals surface area (Å²) in [5.74, 6) is 0.755. The van der Waals surface area contributed by atoms with E-state index in [1.807, 2.05) is 43.9 Å². The number of carbonyl (C=O) groups is 1. The third-order valence-corrected chi connectivity index (χ3v) is 4.44. The highest BCUT2D eigenvalue weighted by Crippen LogP contribution is 2.34. The maximum atomic E-state index is 12.9. The molecule has 1 aromatic heterocycles. The third-order valence-electron chi connectivity index (χ3n) is 4.44. The van der Waals surface area contributed by atoms with Crippen LogP contribution in [0, 0.1) is 13.8 Å². The molecule has 2 aromatic rings. The van der Waals surface area contributed by atoms with E-state index in [0.717, 1.165) is 41.4 Å². The van der Waals surface area contributed by atoms with Crippen LogP contribution in [-0.4, -0.2) is 29.8 Å². The molecule has 1 aliphatic heterocycles. The number of methoxy groups -OCH3 is 1. The average Bonchev–Trinajstić information content (AvgIpc) is 3.08. The number of ether oxygens (including phenoxy) is 1. The summed E-state index contributed by atoms with van der Waals surface area (Å²) in [6, 6.07) is 5.89. The molecule has 3 rings (SSSR count). The van der Waals surface area contributed by atoms with Crippen molar-refractivity contribution in [3.63, 3.8) is 0 Å². The first kappa shape index (κ1) is 14.6. The van der Waals surface area contributed by atoms with Gasteiger partial charge in [0.2, 0.25) is 5.91 Å². The zero-order valence-electron chi connectivity index (χ0n) is 13.4. The van der Waals surface area contributed by atoms with Gasteiger partial charge < -0.3 is 9.64 Å². The van der Waals surface area contributed by atoms with E-state index in [9.17, 15) is 4.79 Å². The summed E-state index contributed by atoms with van der Waals surface area (Å²) >= 11 is 0. The zero-order valence-corrected chi connectivity index (χ0v) is 13.4. The minimum atomic E-state index is -0.202. The molecule has 0 radical (unpaired) electrons. The van der Waals surface area contributed by atoms with Crippen LogP contribution in [-0.2, 0) is 11.2 Å². The Hall–Kier alpha value is -2.30. The lowest BCUT2D eigenvalue weighted by molar-refractivity contribution is -0.119. The maximum Gasteiger partial charge on any atom is 0.234 e. The lowest BCUT2D eigenvalue weighted by Crippen LogP contribution is -2.33. The van der Waals surface area contributed by atoms with Crippen LogP contribution in [0.3, 0.4) is 0 Å². The second-order valence-corrected chi connectivity index (χ2v) is 5.80. The number of aryl methyl sites for hydroxylation is 2. The normalized spacial score (nSPS) is 14.8. The van der Waals surface area contributed by atoms with Crippen LogP contribution in [0.5, 0.6) is 5.75 Å². The van der Waals surface area contributed by atoms with E-state index in [0.29, 0.717) is 0 Å². The van der Waals surface area contributed by atoms with Crippen molar-refractivity contribution < 1.29 is 9.53 Å². The predicted molar refractivity (Wildman–Crippen MR) is 85.5 cm³/mol. The van der Waals surface area contributed by atoms with E-state index in [-0.39, 0.29) is 11.8 Å². The molecule has 0 fully saturated rings. The molecule has 1 unspecified atom stereocenters. The van der Waals surface area contributed by atoms with Crippen molar-refractivity contribution in [2.24, 2.45) is 0 Å². The molecule has 0 saturated heterocycles. The van der Waals surface area contributed by atoms with E-state index in [2.05, 4.69) is 10.2 Å². The number of amides is 1. The van der Waals surface area contributed by atoms with Gasteiger partial charge in [-0.2, -0.15) is 5.10 Å². The number of H-pyrrole nitrogens is 1. The molecule has 0 aliphatic carbocycles. The number of rotatable bonds is 3. The quantitative estimate of drug-likeness (QED) is 0.948. The highest BCUT2D eigenvalue weighted by Gasteiger charge is 2.31.